The van der Waals surface area contributed by atoms with Crippen molar-refractivity contribution >= 4 is 29.2 Å². The van der Waals surface area contributed by atoms with Gasteiger partial charge < -0.3 is 20.9 Å². The second kappa shape index (κ2) is 6.67. The van der Waals surface area contributed by atoms with Gasteiger partial charge in [-0.05, 0) is 43.2 Å². The minimum absolute atomic E-state index is 0.0747. The average molecular weight is 378 g/mol. The Morgan fingerprint density at radius 1 is 1.18 bits per heavy atom. The minimum Gasteiger partial charge on any atom is -0.336 e. The lowest BCUT2D eigenvalue weighted by molar-refractivity contribution is -0.119. The Bertz CT molecular complexity index is 983. The van der Waals surface area contributed by atoms with Crippen LogP contribution < -0.4 is 16.0 Å². The van der Waals surface area contributed by atoms with E-state index in [0.717, 1.165) is 11.1 Å². The van der Waals surface area contributed by atoms with Crippen LogP contribution in [0.5, 0.6) is 0 Å². The van der Waals surface area contributed by atoms with Crippen LogP contribution in [0.2, 0.25) is 0 Å². The van der Waals surface area contributed by atoms with E-state index in [-0.39, 0.29) is 17.8 Å². The number of benzene rings is 2. The number of rotatable bonds is 4. The second-order valence-corrected chi connectivity index (χ2v) is 7.60. The quantitative estimate of drug-likeness (QED) is 0.764. The van der Waals surface area contributed by atoms with Crippen LogP contribution >= 0.6 is 0 Å². The Hall–Kier alpha value is -3.35. The van der Waals surface area contributed by atoms with E-state index in [1.54, 1.807) is 17.0 Å². The maximum absolute atomic E-state index is 12.8. The molecule has 3 N–H and O–H groups in total. The van der Waals surface area contributed by atoms with Gasteiger partial charge in [-0.1, -0.05) is 24.3 Å². The smallest absolute Gasteiger partial charge is 0.317 e. The Morgan fingerprint density at radius 3 is 2.71 bits per heavy atom. The third-order valence-corrected chi connectivity index (χ3v) is 5.34. The van der Waals surface area contributed by atoms with E-state index in [1.807, 2.05) is 44.2 Å². The molecule has 2 aliphatic rings. The molecular formula is C21H22N4O3. The minimum atomic E-state index is -0.604. The number of nitrogens with one attached hydrogen (secondary N) is 3. The summed E-state index contributed by atoms with van der Waals surface area (Å²) in [4.78, 5) is 38.4. The Morgan fingerprint density at radius 2 is 1.96 bits per heavy atom. The molecule has 0 unspecified atom stereocenters. The van der Waals surface area contributed by atoms with Crippen LogP contribution in [0.4, 0.5) is 16.2 Å². The number of urea groups is 1. The van der Waals surface area contributed by atoms with Gasteiger partial charge in [-0.3, -0.25) is 9.59 Å². The second-order valence-electron chi connectivity index (χ2n) is 7.60. The van der Waals surface area contributed by atoms with Crippen LogP contribution in [-0.4, -0.2) is 35.8 Å². The normalized spacial score (nSPS) is 17.1. The van der Waals surface area contributed by atoms with Crippen molar-refractivity contribution in [2.75, 3.05) is 23.7 Å². The maximum Gasteiger partial charge on any atom is 0.317 e. The van der Waals surface area contributed by atoms with Gasteiger partial charge in [0.1, 0.15) is 0 Å². The number of anilines is 2. The van der Waals surface area contributed by atoms with Gasteiger partial charge in [0.05, 0.1) is 5.41 Å². The fourth-order valence-electron chi connectivity index (χ4n) is 3.58. The van der Waals surface area contributed by atoms with Gasteiger partial charge in [-0.2, -0.15) is 0 Å². The maximum atomic E-state index is 12.8. The molecule has 0 bridgehead atoms. The van der Waals surface area contributed by atoms with Crippen molar-refractivity contribution in [1.82, 2.24) is 10.2 Å². The summed E-state index contributed by atoms with van der Waals surface area (Å²) in [6, 6.07) is 12.6. The molecule has 1 saturated heterocycles. The van der Waals surface area contributed by atoms with E-state index in [9.17, 15) is 14.4 Å². The highest BCUT2D eigenvalue weighted by Crippen LogP contribution is 2.37. The number of nitrogens with zero attached hydrogens (tertiary/aromatic N) is 1. The van der Waals surface area contributed by atoms with Crippen molar-refractivity contribution in [3.63, 3.8) is 0 Å². The standard InChI is InChI=1S/C21H22N4O3/c1-21(2)15-8-7-13(11-17(15)24-19(21)27)18(26)23-16-6-4-3-5-14(16)12-25-10-9-22-20(25)28/h3-8,11H,9-10,12H2,1-2H3,(H,22,28)(H,23,26)(H,24,27). The van der Waals surface area contributed by atoms with Gasteiger partial charge in [0.15, 0.2) is 0 Å². The highest BCUT2D eigenvalue weighted by atomic mass is 16.2. The summed E-state index contributed by atoms with van der Waals surface area (Å²) in [6.07, 6.45) is 0. The van der Waals surface area contributed by atoms with Crippen molar-refractivity contribution in [1.29, 1.82) is 0 Å². The Labute approximate surface area is 163 Å². The molecule has 7 nitrogen and oxygen atoms in total. The number of para-hydroxylation sites is 1. The number of hydrogen-bond donors (Lipinski definition) is 3. The summed E-state index contributed by atoms with van der Waals surface area (Å²) in [6.45, 7) is 5.42. The number of amides is 4. The highest BCUT2D eigenvalue weighted by molar-refractivity contribution is 6.09. The number of carbonyl (C=O) groups is 3. The lowest BCUT2D eigenvalue weighted by Crippen LogP contribution is -2.28. The lowest BCUT2D eigenvalue weighted by Gasteiger charge is -2.18. The lowest BCUT2D eigenvalue weighted by atomic mass is 9.86. The zero-order valence-electron chi connectivity index (χ0n) is 15.8. The zero-order valence-corrected chi connectivity index (χ0v) is 15.8. The SMILES string of the molecule is CC1(C)C(=O)Nc2cc(C(=O)Nc3ccccc3CN3CCNC3=O)ccc21. The third kappa shape index (κ3) is 3.09. The van der Waals surface area contributed by atoms with E-state index in [2.05, 4.69) is 16.0 Å². The first kappa shape index (κ1) is 18.0. The molecule has 2 aromatic rings. The summed E-state index contributed by atoms with van der Waals surface area (Å²) in [5.41, 5.74) is 2.94. The van der Waals surface area contributed by atoms with Crippen molar-refractivity contribution in [3.8, 4) is 0 Å². The van der Waals surface area contributed by atoms with Gasteiger partial charge in [-0.25, -0.2) is 4.79 Å². The Balaban J connectivity index is 1.54. The molecule has 144 valence electrons. The summed E-state index contributed by atoms with van der Waals surface area (Å²) < 4.78 is 0. The van der Waals surface area contributed by atoms with Crippen molar-refractivity contribution in [2.45, 2.75) is 25.8 Å². The zero-order chi connectivity index (χ0) is 19.9. The predicted molar refractivity (Wildman–Crippen MR) is 106 cm³/mol. The predicted octanol–water partition coefficient (Wildman–Crippen LogP) is 2.69. The molecular weight excluding hydrogens is 356 g/mol. The monoisotopic (exact) mass is 378 g/mol. The molecule has 4 rings (SSSR count). The third-order valence-electron chi connectivity index (χ3n) is 5.34. The van der Waals surface area contributed by atoms with Crippen LogP contribution in [0.1, 0.15) is 35.3 Å². The molecule has 0 atom stereocenters. The van der Waals surface area contributed by atoms with Gasteiger partial charge >= 0.3 is 6.03 Å². The molecule has 1 fully saturated rings. The molecule has 0 spiro atoms. The van der Waals surface area contributed by atoms with Gasteiger partial charge in [-0.15, -0.1) is 0 Å². The molecule has 0 radical (unpaired) electrons. The largest absolute Gasteiger partial charge is 0.336 e. The van der Waals surface area contributed by atoms with Crippen LogP contribution in [0, 0.1) is 0 Å². The molecule has 7 heteroatoms. The van der Waals surface area contributed by atoms with Gasteiger partial charge in [0.25, 0.3) is 5.91 Å². The average Bonchev–Trinajstić information content (AvgIpc) is 3.17. The van der Waals surface area contributed by atoms with E-state index in [1.165, 1.54) is 0 Å². The molecule has 4 amide bonds. The first-order chi connectivity index (χ1) is 13.4. The van der Waals surface area contributed by atoms with Crippen molar-refractivity contribution in [3.05, 3.63) is 59.2 Å². The summed E-state index contributed by atoms with van der Waals surface area (Å²) >= 11 is 0. The fourth-order valence-corrected chi connectivity index (χ4v) is 3.58. The summed E-state index contributed by atoms with van der Waals surface area (Å²) in [7, 11) is 0. The highest BCUT2D eigenvalue weighted by Gasteiger charge is 2.38. The molecule has 0 aromatic heterocycles. The molecule has 28 heavy (non-hydrogen) atoms. The van der Waals surface area contributed by atoms with Crippen LogP contribution in [0.15, 0.2) is 42.5 Å². The van der Waals surface area contributed by atoms with Gasteiger partial charge in [0.2, 0.25) is 5.91 Å². The number of carbonyl (C=O) groups excluding carboxylic acids is 3. The molecule has 0 aliphatic carbocycles. The van der Waals surface area contributed by atoms with E-state index >= 15 is 0 Å². The van der Waals surface area contributed by atoms with Crippen molar-refractivity contribution in [2.24, 2.45) is 0 Å². The summed E-state index contributed by atoms with van der Waals surface area (Å²) in [5, 5.41) is 8.55. The first-order valence-corrected chi connectivity index (χ1v) is 9.24. The Kier molecular flexibility index (Phi) is 4.30. The van der Waals surface area contributed by atoms with Crippen molar-refractivity contribution < 1.29 is 14.4 Å². The van der Waals surface area contributed by atoms with E-state index in [4.69, 9.17) is 0 Å². The van der Waals surface area contributed by atoms with E-state index in [0.29, 0.717) is 36.6 Å². The number of hydrogen-bond acceptors (Lipinski definition) is 3. The molecule has 2 heterocycles. The van der Waals surface area contributed by atoms with Gasteiger partial charge in [0, 0.05) is 36.6 Å². The van der Waals surface area contributed by atoms with E-state index < -0.39 is 5.41 Å². The molecule has 2 aliphatic heterocycles. The first-order valence-electron chi connectivity index (χ1n) is 9.24. The van der Waals surface area contributed by atoms with Crippen LogP contribution in [0.25, 0.3) is 0 Å². The van der Waals surface area contributed by atoms with Crippen LogP contribution in [0.3, 0.4) is 0 Å². The molecule has 0 saturated carbocycles. The summed E-state index contributed by atoms with van der Waals surface area (Å²) in [5.74, 6) is -0.339. The number of fused-ring (bicyclic) bond motifs is 1. The topological polar surface area (TPSA) is 90.5 Å². The fraction of sp³-hybridized carbons (Fsp3) is 0.286. The van der Waals surface area contributed by atoms with Crippen LogP contribution in [-0.2, 0) is 16.8 Å². The molecule has 2 aromatic carbocycles.